The van der Waals surface area contributed by atoms with Crippen LogP contribution in [0.3, 0.4) is 0 Å². The maximum Gasteiger partial charge on any atom is 0.131 e. The fourth-order valence-corrected chi connectivity index (χ4v) is 3.13. The Kier molecular flexibility index (Phi) is 5.44. The monoisotopic (exact) mass is 331 g/mol. The molecule has 0 radical (unpaired) electrons. The van der Waals surface area contributed by atoms with Crippen molar-refractivity contribution in [2.75, 3.05) is 5.32 Å². The topological polar surface area (TPSA) is 37.8 Å². The van der Waals surface area contributed by atoms with Crippen molar-refractivity contribution in [3.63, 3.8) is 0 Å². The largest absolute Gasteiger partial charge is 0.340 e. The number of aromatic nitrogens is 2. The summed E-state index contributed by atoms with van der Waals surface area (Å²) in [6, 6.07) is 16.5. The molecule has 0 bridgehead atoms. The molecule has 0 spiro atoms. The van der Waals surface area contributed by atoms with Gasteiger partial charge in [-0.3, -0.25) is 4.98 Å². The Labute approximate surface area is 150 Å². The minimum Gasteiger partial charge on any atom is -0.340 e. The van der Waals surface area contributed by atoms with Gasteiger partial charge in [0.05, 0.1) is 11.4 Å². The Bertz CT molecular complexity index is 841. The lowest BCUT2D eigenvalue weighted by Gasteiger charge is -2.16. The first-order chi connectivity index (χ1) is 12.2. The van der Waals surface area contributed by atoms with Gasteiger partial charge in [-0.05, 0) is 60.7 Å². The number of aryl methyl sites for hydroxylation is 2. The van der Waals surface area contributed by atoms with Gasteiger partial charge >= 0.3 is 0 Å². The van der Waals surface area contributed by atoms with E-state index in [9.17, 15) is 0 Å². The van der Waals surface area contributed by atoms with Gasteiger partial charge in [0.2, 0.25) is 0 Å². The highest BCUT2D eigenvalue weighted by Crippen LogP contribution is 2.27. The summed E-state index contributed by atoms with van der Waals surface area (Å²) < 4.78 is 0. The zero-order valence-electron chi connectivity index (χ0n) is 15.2. The van der Waals surface area contributed by atoms with Crippen molar-refractivity contribution in [3.8, 4) is 11.4 Å². The summed E-state index contributed by atoms with van der Waals surface area (Å²) in [6.07, 6.45) is 5.06. The summed E-state index contributed by atoms with van der Waals surface area (Å²) in [5.41, 5.74) is 6.91. The maximum absolute atomic E-state index is 4.82. The smallest absolute Gasteiger partial charge is 0.131 e. The summed E-state index contributed by atoms with van der Waals surface area (Å²) in [6.45, 7) is 6.50. The highest BCUT2D eigenvalue weighted by Gasteiger charge is 2.10. The van der Waals surface area contributed by atoms with E-state index in [1.54, 1.807) is 6.20 Å². The number of hydrogen-bond donors (Lipinski definition) is 1. The number of nitrogens with zero attached hydrogens (tertiary/aromatic N) is 2. The molecular weight excluding hydrogens is 306 g/mol. The van der Waals surface area contributed by atoms with Crippen LogP contribution in [0.25, 0.3) is 11.4 Å². The second-order valence-corrected chi connectivity index (χ2v) is 6.25. The van der Waals surface area contributed by atoms with Gasteiger partial charge in [0, 0.05) is 11.9 Å². The van der Waals surface area contributed by atoms with Crippen molar-refractivity contribution in [1.82, 2.24) is 9.97 Å². The molecule has 0 fully saturated rings. The molecule has 25 heavy (non-hydrogen) atoms. The standard InChI is InChI=1S/C22H25N3/c1-4-9-18-17(5-2)10-8-12-19(18)24-21-14-13-16(3)22(25-21)20-11-6-7-15-23-20/h6-8,10-15H,4-5,9H2,1-3H3,(H,24,25). The highest BCUT2D eigenvalue weighted by molar-refractivity contribution is 5.67. The third kappa shape index (κ3) is 3.87. The zero-order chi connectivity index (χ0) is 17.6. The average Bonchev–Trinajstić information content (AvgIpc) is 2.65. The van der Waals surface area contributed by atoms with E-state index in [4.69, 9.17) is 4.98 Å². The molecule has 0 saturated heterocycles. The van der Waals surface area contributed by atoms with Crippen LogP contribution in [-0.2, 0) is 12.8 Å². The fraction of sp³-hybridized carbons (Fsp3) is 0.273. The number of hydrogen-bond acceptors (Lipinski definition) is 3. The molecule has 1 N–H and O–H groups in total. The molecule has 0 aliphatic rings. The molecule has 0 amide bonds. The van der Waals surface area contributed by atoms with Crippen LogP contribution in [0.2, 0.25) is 0 Å². The predicted octanol–water partition coefficient (Wildman–Crippen LogP) is 5.71. The molecule has 0 aliphatic heterocycles. The SMILES string of the molecule is CCCc1c(CC)cccc1Nc1ccc(C)c(-c2ccccn2)n1. The number of rotatable bonds is 6. The Hall–Kier alpha value is -2.68. The number of anilines is 2. The lowest BCUT2D eigenvalue weighted by Crippen LogP contribution is -2.02. The molecule has 3 rings (SSSR count). The van der Waals surface area contributed by atoms with Crippen molar-refractivity contribution in [2.45, 2.75) is 40.0 Å². The summed E-state index contributed by atoms with van der Waals surface area (Å²) in [5.74, 6) is 0.858. The second-order valence-electron chi connectivity index (χ2n) is 6.25. The van der Waals surface area contributed by atoms with Crippen LogP contribution in [0.4, 0.5) is 11.5 Å². The van der Waals surface area contributed by atoms with E-state index in [0.717, 1.165) is 47.7 Å². The van der Waals surface area contributed by atoms with Gasteiger partial charge in [0.25, 0.3) is 0 Å². The number of pyridine rings is 2. The van der Waals surface area contributed by atoms with Gasteiger partial charge in [-0.15, -0.1) is 0 Å². The summed E-state index contributed by atoms with van der Waals surface area (Å²) in [4.78, 5) is 9.26. The van der Waals surface area contributed by atoms with E-state index in [-0.39, 0.29) is 0 Å². The van der Waals surface area contributed by atoms with E-state index in [0.29, 0.717) is 0 Å². The van der Waals surface area contributed by atoms with Crippen LogP contribution in [0.5, 0.6) is 0 Å². The van der Waals surface area contributed by atoms with E-state index in [2.05, 4.69) is 55.3 Å². The fourth-order valence-electron chi connectivity index (χ4n) is 3.13. The average molecular weight is 331 g/mol. The molecule has 3 nitrogen and oxygen atoms in total. The molecule has 2 heterocycles. The molecule has 2 aromatic heterocycles. The van der Waals surface area contributed by atoms with Gasteiger partial charge in [-0.2, -0.15) is 0 Å². The lowest BCUT2D eigenvalue weighted by molar-refractivity contribution is 0.901. The van der Waals surface area contributed by atoms with Gasteiger partial charge in [-0.25, -0.2) is 4.98 Å². The Morgan fingerprint density at radius 1 is 0.960 bits per heavy atom. The van der Waals surface area contributed by atoms with Crippen LogP contribution in [0.15, 0.2) is 54.7 Å². The number of nitrogens with one attached hydrogen (secondary N) is 1. The molecule has 3 aromatic rings. The van der Waals surface area contributed by atoms with Gasteiger partial charge < -0.3 is 5.32 Å². The normalized spacial score (nSPS) is 10.7. The molecule has 0 atom stereocenters. The van der Waals surface area contributed by atoms with Crippen LogP contribution in [0.1, 0.15) is 37.0 Å². The number of benzene rings is 1. The van der Waals surface area contributed by atoms with E-state index in [1.807, 2.05) is 24.3 Å². The highest BCUT2D eigenvalue weighted by atomic mass is 15.0. The van der Waals surface area contributed by atoms with Crippen LogP contribution in [-0.4, -0.2) is 9.97 Å². The zero-order valence-corrected chi connectivity index (χ0v) is 15.2. The van der Waals surface area contributed by atoms with Crippen molar-refractivity contribution in [2.24, 2.45) is 0 Å². The molecule has 0 aliphatic carbocycles. The molecule has 3 heteroatoms. The quantitative estimate of drug-likeness (QED) is 0.628. The molecule has 128 valence electrons. The van der Waals surface area contributed by atoms with Crippen molar-refractivity contribution in [1.29, 1.82) is 0 Å². The molecule has 1 aromatic carbocycles. The molecule has 0 saturated carbocycles. The predicted molar refractivity (Wildman–Crippen MR) is 105 cm³/mol. The van der Waals surface area contributed by atoms with E-state index in [1.165, 1.54) is 11.1 Å². The van der Waals surface area contributed by atoms with Crippen LogP contribution < -0.4 is 5.32 Å². The van der Waals surface area contributed by atoms with E-state index >= 15 is 0 Å². The van der Waals surface area contributed by atoms with Gasteiger partial charge in [0.15, 0.2) is 0 Å². The van der Waals surface area contributed by atoms with Gasteiger partial charge in [-0.1, -0.05) is 44.5 Å². The Morgan fingerprint density at radius 2 is 1.84 bits per heavy atom. The first-order valence-electron chi connectivity index (χ1n) is 8.99. The van der Waals surface area contributed by atoms with Gasteiger partial charge in [0.1, 0.15) is 5.82 Å². The summed E-state index contributed by atoms with van der Waals surface area (Å²) in [7, 11) is 0. The van der Waals surface area contributed by atoms with Crippen LogP contribution in [0, 0.1) is 6.92 Å². The van der Waals surface area contributed by atoms with Crippen molar-refractivity contribution >= 4 is 11.5 Å². The lowest BCUT2D eigenvalue weighted by atomic mass is 9.99. The van der Waals surface area contributed by atoms with Crippen molar-refractivity contribution < 1.29 is 0 Å². The third-order valence-corrected chi connectivity index (χ3v) is 4.42. The minimum atomic E-state index is 0.858. The first-order valence-corrected chi connectivity index (χ1v) is 8.99. The van der Waals surface area contributed by atoms with Crippen LogP contribution >= 0.6 is 0 Å². The summed E-state index contributed by atoms with van der Waals surface area (Å²) in [5, 5.41) is 3.53. The van der Waals surface area contributed by atoms with E-state index < -0.39 is 0 Å². The minimum absolute atomic E-state index is 0.858. The first kappa shape index (κ1) is 17.2. The summed E-state index contributed by atoms with van der Waals surface area (Å²) >= 11 is 0. The Balaban J connectivity index is 1.97. The second kappa shape index (κ2) is 7.93. The molecule has 0 unspecified atom stereocenters. The van der Waals surface area contributed by atoms with Crippen molar-refractivity contribution in [3.05, 3.63) is 71.4 Å². The Morgan fingerprint density at radius 3 is 2.56 bits per heavy atom. The molecular formula is C22H25N3. The third-order valence-electron chi connectivity index (χ3n) is 4.42. The maximum atomic E-state index is 4.82.